The average Bonchev–Trinajstić information content (AvgIpc) is 1.78. The maximum absolute atomic E-state index is 12.3. The van der Waals surface area contributed by atoms with Crippen LogP contribution in [-0.4, -0.2) is 0 Å². The van der Waals surface area contributed by atoms with Gasteiger partial charge in [-0.2, -0.15) is 13.2 Å². The summed E-state index contributed by atoms with van der Waals surface area (Å²) in [6, 6.07) is 2.66. The van der Waals surface area contributed by atoms with Crippen LogP contribution in [0.1, 0.15) is 5.56 Å². The first-order valence-corrected chi connectivity index (χ1v) is 5.01. The molecule has 1 nitrogen and oxygen atoms in total. The molecule has 1 aromatic rings. The van der Waals surface area contributed by atoms with Crippen molar-refractivity contribution in [1.29, 1.82) is 0 Å². The standard InChI is InChI=1S/C7H4BrF3IN/c8-4-1-3(12)2-5(13)6(4)7(9,10)11/h1-2H,13H2. The minimum Gasteiger partial charge on any atom is -0.398 e. The minimum atomic E-state index is -4.41. The Hall–Kier alpha value is 0.0200. The third-order valence-corrected chi connectivity index (χ3v) is 2.62. The highest BCUT2D eigenvalue weighted by Crippen LogP contribution is 2.39. The Morgan fingerprint density at radius 3 is 2.23 bits per heavy atom. The highest BCUT2D eigenvalue weighted by molar-refractivity contribution is 14.1. The van der Waals surface area contributed by atoms with Crippen LogP contribution in [0.4, 0.5) is 18.9 Å². The lowest BCUT2D eigenvalue weighted by Crippen LogP contribution is -2.10. The Morgan fingerprint density at radius 1 is 1.31 bits per heavy atom. The van der Waals surface area contributed by atoms with Crippen LogP contribution in [0, 0.1) is 3.57 Å². The van der Waals surface area contributed by atoms with E-state index in [1.165, 1.54) is 12.1 Å². The molecule has 13 heavy (non-hydrogen) atoms. The molecule has 0 aliphatic rings. The maximum atomic E-state index is 12.3. The first kappa shape index (κ1) is 11.1. The van der Waals surface area contributed by atoms with Gasteiger partial charge in [-0.05, 0) is 34.7 Å². The molecule has 0 saturated carbocycles. The molecule has 0 amide bonds. The van der Waals surface area contributed by atoms with Gasteiger partial charge in [0.25, 0.3) is 0 Å². The third-order valence-electron chi connectivity index (χ3n) is 1.37. The molecule has 0 aliphatic heterocycles. The third kappa shape index (κ3) is 2.49. The number of halogens is 5. The zero-order valence-electron chi connectivity index (χ0n) is 6.12. The summed E-state index contributed by atoms with van der Waals surface area (Å²) in [7, 11) is 0. The molecular weight excluding hydrogens is 362 g/mol. The van der Waals surface area contributed by atoms with E-state index in [0.29, 0.717) is 3.57 Å². The van der Waals surface area contributed by atoms with Gasteiger partial charge >= 0.3 is 6.18 Å². The maximum Gasteiger partial charge on any atom is 0.419 e. The summed E-state index contributed by atoms with van der Waals surface area (Å²) in [6.07, 6.45) is -4.41. The molecule has 6 heteroatoms. The van der Waals surface area contributed by atoms with Crippen molar-refractivity contribution in [3.63, 3.8) is 0 Å². The van der Waals surface area contributed by atoms with Gasteiger partial charge in [0.2, 0.25) is 0 Å². The van der Waals surface area contributed by atoms with E-state index in [4.69, 9.17) is 5.73 Å². The molecule has 0 radical (unpaired) electrons. The zero-order valence-corrected chi connectivity index (χ0v) is 9.87. The van der Waals surface area contributed by atoms with Crippen molar-refractivity contribution >= 4 is 44.2 Å². The second-order valence-corrected chi connectivity index (χ2v) is 4.45. The number of nitrogen functional groups attached to an aromatic ring is 1. The number of hydrogen-bond acceptors (Lipinski definition) is 1. The molecule has 2 N–H and O–H groups in total. The summed E-state index contributed by atoms with van der Waals surface area (Å²) < 4.78 is 37.6. The van der Waals surface area contributed by atoms with Crippen LogP contribution in [0.5, 0.6) is 0 Å². The lowest BCUT2D eigenvalue weighted by atomic mass is 10.2. The number of benzene rings is 1. The highest BCUT2D eigenvalue weighted by atomic mass is 127. The molecule has 0 unspecified atom stereocenters. The molecule has 0 bridgehead atoms. The first-order valence-electron chi connectivity index (χ1n) is 3.14. The van der Waals surface area contributed by atoms with E-state index in [-0.39, 0.29) is 10.2 Å². The van der Waals surface area contributed by atoms with E-state index in [1.807, 2.05) is 22.6 Å². The van der Waals surface area contributed by atoms with E-state index in [9.17, 15) is 13.2 Å². The second kappa shape index (κ2) is 3.64. The largest absolute Gasteiger partial charge is 0.419 e. The molecule has 0 aliphatic carbocycles. The normalized spacial score (nSPS) is 11.8. The van der Waals surface area contributed by atoms with Crippen molar-refractivity contribution in [2.75, 3.05) is 5.73 Å². The molecular formula is C7H4BrF3IN. The number of hydrogen-bond donors (Lipinski definition) is 1. The predicted molar refractivity (Wildman–Crippen MR) is 56.3 cm³/mol. The van der Waals surface area contributed by atoms with Crippen LogP contribution in [0.2, 0.25) is 0 Å². The second-order valence-electron chi connectivity index (χ2n) is 2.35. The summed E-state index contributed by atoms with van der Waals surface area (Å²) in [5.74, 6) is 0. The van der Waals surface area contributed by atoms with Crippen molar-refractivity contribution in [2.45, 2.75) is 6.18 Å². The Morgan fingerprint density at radius 2 is 1.85 bits per heavy atom. The quantitative estimate of drug-likeness (QED) is 0.551. The van der Waals surface area contributed by atoms with Gasteiger partial charge in [-0.15, -0.1) is 0 Å². The van der Waals surface area contributed by atoms with Crippen molar-refractivity contribution in [3.05, 3.63) is 25.7 Å². The van der Waals surface area contributed by atoms with E-state index in [0.717, 1.165) is 0 Å². The van der Waals surface area contributed by atoms with E-state index in [2.05, 4.69) is 15.9 Å². The van der Waals surface area contributed by atoms with Crippen LogP contribution in [0.3, 0.4) is 0 Å². The molecule has 0 atom stereocenters. The molecule has 1 aromatic carbocycles. The van der Waals surface area contributed by atoms with Gasteiger partial charge in [0.05, 0.1) is 5.56 Å². The van der Waals surface area contributed by atoms with Gasteiger partial charge in [-0.3, -0.25) is 0 Å². The van der Waals surface area contributed by atoms with Crippen LogP contribution >= 0.6 is 38.5 Å². The fourth-order valence-corrected chi connectivity index (χ4v) is 2.67. The molecule has 72 valence electrons. The van der Waals surface area contributed by atoms with Crippen molar-refractivity contribution in [3.8, 4) is 0 Å². The number of anilines is 1. The van der Waals surface area contributed by atoms with Gasteiger partial charge in [-0.1, -0.05) is 15.9 Å². The van der Waals surface area contributed by atoms with E-state index in [1.54, 1.807) is 0 Å². The Kier molecular flexibility index (Phi) is 3.11. The van der Waals surface area contributed by atoms with Gasteiger partial charge < -0.3 is 5.73 Å². The number of rotatable bonds is 0. The summed E-state index contributed by atoms with van der Waals surface area (Å²) in [6.45, 7) is 0. The van der Waals surface area contributed by atoms with Crippen molar-refractivity contribution in [1.82, 2.24) is 0 Å². The summed E-state index contributed by atoms with van der Waals surface area (Å²) >= 11 is 4.73. The fourth-order valence-electron chi connectivity index (χ4n) is 0.893. The van der Waals surface area contributed by atoms with Gasteiger partial charge in [0, 0.05) is 13.7 Å². The van der Waals surface area contributed by atoms with Crippen LogP contribution < -0.4 is 5.73 Å². The van der Waals surface area contributed by atoms with Crippen LogP contribution in [0.15, 0.2) is 16.6 Å². The summed E-state index contributed by atoms with van der Waals surface area (Å²) in [4.78, 5) is 0. The lowest BCUT2D eigenvalue weighted by molar-refractivity contribution is -0.137. The average molecular weight is 366 g/mol. The molecule has 0 heterocycles. The fraction of sp³-hybridized carbons (Fsp3) is 0.143. The van der Waals surface area contributed by atoms with Crippen molar-refractivity contribution in [2.24, 2.45) is 0 Å². The highest BCUT2D eigenvalue weighted by Gasteiger charge is 2.35. The van der Waals surface area contributed by atoms with Gasteiger partial charge in [-0.25, -0.2) is 0 Å². The van der Waals surface area contributed by atoms with Crippen LogP contribution in [-0.2, 0) is 6.18 Å². The summed E-state index contributed by atoms with van der Waals surface area (Å²) in [5, 5.41) is 0. The van der Waals surface area contributed by atoms with Gasteiger partial charge in [0.1, 0.15) is 0 Å². The monoisotopic (exact) mass is 365 g/mol. The molecule has 0 aromatic heterocycles. The Labute approximate surface area is 94.8 Å². The Balaban J connectivity index is 3.38. The van der Waals surface area contributed by atoms with Crippen molar-refractivity contribution < 1.29 is 13.2 Å². The topological polar surface area (TPSA) is 26.0 Å². The van der Waals surface area contributed by atoms with Crippen LogP contribution in [0.25, 0.3) is 0 Å². The molecule has 0 spiro atoms. The predicted octanol–water partition coefficient (Wildman–Crippen LogP) is 3.65. The molecule has 0 saturated heterocycles. The van der Waals surface area contributed by atoms with Gasteiger partial charge in [0.15, 0.2) is 0 Å². The first-order chi connectivity index (χ1) is 5.82. The van der Waals surface area contributed by atoms with E-state index >= 15 is 0 Å². The minimum absolute atomic E-state index is 0.0237. The SMILES string of the molecule is Nc1cc(I)cc(Br)c1C(F)(F)F. The molecule has 0 fully saturated rings. The van der Waals surface area contributed by atoms with E-state index < -0.39 is 11.7 Å². The zero-order chi connectivity index (χ0) is 10.2. The number of nitrogens with two attached hydrogens (primary N) is 1. The Bertz CT molecular complexity index is 314. The lowest BCUT2D eigenvalue weighted by Gasteiger charge is -2.12. The summed E-state index contributed by atoms with van der Waals surface area (Å²) in [5.41, 5.74) is 4.18. The number of alkyl halides is 3. The molecule has 1 rings (SSSR count). The smallest absolute Gasteiger partial charge is 0.398 e.